The molecule has 0 saturated heterocycles. The Morgan fingerprint density at radius 1 is 1.43 bits per heavy atom. The molecule has 0 spiro atoms. The maximum atomic E-state index is 5.81. The number of nitrogens with zero attached hydrogens (tertiary/aromatic N) is 1. The summed E-state index contributed by atoms with van der Waals surface area (Å²) in [6.45, 7) is 5.90. The Kier molecular flexibility index (Phi) is 11.1. The largest absolute Gasteiger partial charge is 0.494 e. The molecule has 5 nitrogen and oxygen atoms in total. The fourth-order valence-corrected chi connectivity index (χ4v) is 1.85. The predicted molar refractivity (Wildman–Crippen MR) is 97.7 cm³/mol. The smallest absolute Gasteiger partial charge is 0.188 e. The van der Waals surface area contributed by atoms with Gasteiger partial charge in [-0.2, -0.15) is 0 Å². The highest BCUT2D eigenvalue weighted by Gasteiger charge is 2.01. The van der Waals surface area contributed by atoms with Crippen molar-refractivity contribution in [2.45, 2.75) is 26.3 Å². The van der Waals surface area contributed by atoms with Crippen LogP contribution in [-0.2, 0) is 11.2 Å². The van der Waals surface area contributed by atoms with E-state index in [4.69, 9.17) is 15.2 Å². The molecule has 120 valence electrons. The number of guanidine groups is 1. The number of ether oxygens (including phenoxy) is 2. The minimum Gasteiger partial charge on any atom is -0.494 e. The van der Waals surface area contributed by atoms with E-state index in [9.17, 15) is 0 Å². The van der Waals surface area contributed by atoms with Crippen LogP contribution in [0.3, 0.4) is 0 Å². The molecule has 0 aromatic heterocycles. The van der Waals surface area contributed by atoms with Crippen LogP contribution < -0.4 is 15.8 Å². The second-order valence-corrected chi connectivity index (χ2v) is 4.60. The summed E-state index contributed by atoms with van der Waals surface area (Å²) in [5.74, 6) is 1.35. The number of aliphatic imine (C=N–C) groups is 1. The van der Waals surface area contributed by atoms with E-state index >= 15 is 0 Å². The molecule has 1 aromatic rings. The molecule has 1 unspecified atom stereocenters. The summed E-state index contributed by atoms with van der Waals surface area (Å²) in [6.07, 6.45) is 0.835. The number of rotatable bonds is 8. The first-order chi connectivity index (χ1) is 9.65. The standard InChI is InChI=1S/C15H25N3O2.HI/c1-4-20-14-7-5-6-13(10-14)8-9-17-15(16)18-12(2)11-19-3;/h5-7,10,12H,4,8-9,11H2,1-3H3,(H3,16,17,18);1H. The van der Waals surface area contributed by atoms with Crippen molar-refractivity contribution in [1.82, 2.24) is 5.32 Å². The van der Waals surface area contributed by atoms with Crippen molar-refractivity contribution in [3.63, 3.8) is 0 Å². The van der Waals surface area contributed by atoms with Crippen LogP contribution in [0.1, 0.15) is 19.4 Å². The fraction of sp³-hybridized carbons (Fsp3) is 0.533. The average Bonchev–Trinajstić information content (AvgIpc) is 2.39. The molecule has 1 atom stereocenters. The Morgan fingerprint density at radius 2 is 2.19 bits per heavy atom. The molecule has 0 aliphatic heterocycles. The SMILES string of the molecule is CCOc1cccc(CCN=C(N)NC(C)COC)c1.I. The molecular weight excluding hydrogens is 381 g/mol. The normalized spacial score (nSPS) is 12.4. The summed E-state index contributed by atoms with van der Waals surface area (Å²) < 4.78 is 10.5. The number of methoxy groups -OCH3 is 1. The van der Waals surface area contributed by atoms with Crippen LogP contribution in [0.5, 0.6) is 5.75 Å². The minimum atomic E-state index is 0. The van der Waals surface area contributed by atoms with Gasteiger partial charge in [0.05, 0.1) is 13.2 Å². The highest BCUT2D eigenvalue weighted by molar-refractivity contribution is 14.0. The predicted octanol–water partition coefficient (Wildman–Crippen LogP) is 2.19. The van der Waals surface area contributed by atoms with E-state index in [2.05, 4.69) is 16.4 Å². The van der Waals surface area contributed by atoms with E-state index in [1.54, 1.807) is 7.11 Å². The van der Waals surface area contributed by atoms with Gasteiger partial charge in [0.1, 0.15) is 5.75 Å². The lowest BCUT2D eigenvalue weighted by Crippen LogP contribution is -2.40. The molecule has 0 radical (unpaired) electrons. The number of nitrogens with one attached hydrogen (secondary N) is 1. The second kappa shape index (κ2) is 11.6. The van der Waals surface area contributed by atoms with Crippen molar-refractivity contribution < 1.29 is 9.47 Å². The molecule has 6 heteroatoms. The minimum absolute atomic E-state index is 0. The molecule has 0 amide bonds. The van der Waals surface area contributed by atoms with E-state index in [0.29, 0.717) is 25.7 Å². The van der Waals surface area contributed by atoms with Crippen LogP contribution in [0, 0.1) is 0 Å². The Balaban J connectivity index is 0.00000400. The highest BCUT2D eigenvalue weighted by atomic mass is 127. The van der Waals surface area contributed by atoms with Gasteiger partial charge in [0.2, 0.25) is 0 Å². The third-order valence-corrected chi connectivity index (χ3v) is 2.70. The van der Waals surface area contributed by atoms with Crippen molar-refractivity contribution in [1.29, 1.82) is 0 Å². The van der Waals surface area contributed by atoms with Crippen LogP contribution in [0.2, 0.25) is 0 Å². The fourth-order valence-electron chi connectivity index (χ4n) is 1.85. The van der Waals surface area contributed by atoms with Gasteiger partial charge in [-0.3, -0.25) is 4.99 Å². The van der Waals surface area contributed by atoms with Crippen LogP contribution in [0.25, 0.3) is 0 Å². The van der Waals surface area contributed by atoms with Gasteiger partial charge in [0.25, 0.3) is 0 Å². The summed E-state index contributed by atoms with van der Waals surface area (Å²) in [7, 11) is 1.66. The number of benzene rings is 1. The Hall–Kier alpha value is -1.02. The molecule has 1 aromatic carbocycles. The van der Waals surface area contributed by atoms with Gasteiger partial charge < -0.3 is 20.5 Å². The van der Waals surface area contributed by atoms with E-state index in [0.717, 1.165) is 12.2 Å². The van der Waals surface area contributed by atoms with Crippen LogP contribution >= 0.6 is 24.0 Å². The summed E-state index contributed by atoms with van der Waals surface area (Å²) in [4.78, 5) is 4.30. The van der Waals surface area contributed by atoms with Gasteiger partial charge in [-0.25, -0.2) is 0 Å². The number of hydrogen-bond acceptors (Lipinski definition) is 3. The van der Waals surface area contributed by atoms with Gasteiger partial charge >= 0.3 is 0 Å². The third-order valence-electron chi connectivity index (χ3n) is 2.70. The first-order valence-electron chi connectivity index (χ1n) is 6.92. The summed E-state index contributed by atoms with van der Waals surface area (Å²) in [5.41, 5.74) is 7.00. The molecular formula is C15H26IN3O2. The molecule has 0 saturated carbocycles. The lowest BCUT2D eigenvalue weighted by molar-refractivity contribution is 0.179. The zero-order valence-electron chi connectivity index (χ0n) is 13.0. The maximum Gasteiger partial charge on any atom is 0.188 e. The van der Waals surface area contributed by atoms with E-state index in [-0.39, 0.29) is 30.0 Å². The average molecular weight is 407 g/mol. The van der Waals surface area contributed by atoms with E-state index in [1.165, 1.54) is 5.56 Å². The van der Waals surface area contributed by atoms with Crippen LogP contribution in [0.15, 0.2) is 29.3 Å². The van der Waals surface area contributed by atoms with Crippen molar-refractivity contribution in [3.05, 3.63) is 29.8 Å². The maximum absolute atomic E-state index is 5.81. The van der Waals surface area contributed by atoms with Gasteiger partial charge in [-0.1, -0.05) is 12.1 Å². The van der Waals surface area contributed by atoms with Gasteiger partial charge in [0, 0.05) is 19.7 Å². The summed E-state index contributed by atoms with van der Waals surface area (Å²) >= 11 is 0. The quantitative estimate of drug-likeness (QED) is 0.394. The molecule has 0 fully saturated rings. The number of halogens is 1. The molecule has 3 N–H and O–H groups in total. The van der Waals surface area contributed by atoms with Crippen LogP contribution in [0.4, 0.5) is 0 Å². The third kappa shape index (κ3) is 8.77. The molecule has 0 aliphatic carbocycles. The molecule has 0 bridgehead atoms. The Labute approximate surface area is 144 Å². The number of nitrogens with two attached hydrogens (primary N) is 1. The van der Waals surface area contributed by atoms with Crippen molar-refractivity contribution in [3.8, 4) is 5.75 Å². The molecule has 0 heterocycles. The zero-order valence-corrected chi connectivity index (χ0v) is 15.3. The summed E-state index contributed by atoms with van der Waals surface area (Å²) in [5, 5.41) is 3.08. The summed E-state index contributed by atoms with van der Waals surface area (Å²) in [6, 6.07) is 8.21. The van der Waals surface area contributed by atoms with Gasteiger partial charge in [-0.05, 0) is 38.0 Å². The van der Waals surface area contributed by atoms with Gasteiger partial charge in [-0.15, -0.1) is 24.0 Å². The first-order valence-corrected chi connectivity index (χ1v) is 6.92. The van der Waals surface area contributed by atoms with Crippen LogP contribution in [-0.4, -0.2) is 38.9 Å². The lowest BCUT2D eigenvalue weighted by atomic mass is 10.1. The highest BCUT2D eigenvalue weighted by Crippen LogP contribution is 2.13. The second-order valence-electron chi connectivity index (χ2n) is 4.60. The molecule has 21 heavy (non-hydrogen) atoms. The Bertz CT molecular complexity index is 427. The van der Waals surface area contributed by atoms with E-state index < -0.39 is 0 Å². The first kappa shape index (κ1) is 20.0. The monoisotopic (exact) mass is 407 g/mol. The molecule has 0 aliphatic rings. The van der Waals surface area contributed by atoms with Gasteiger partial charge in [0.15, 0.2) is 5.96 Å². The number of hydrogen-bond donors (Lipinski definition) is 2. The van der Waals surface area contributed by atoms with Crippen molar-refractivity contribution in [2.75, 3.05) is 26.9 Å². The van der Waals surface area contributed by atoms with E-state index in [1.807, 2.05) is 32.0 Å². The zero-order chi connectivity index (χ0) is 14.8. The topological polar surface area (TPSA) is 68.9 Å². The Morgan fingerprint density at radius 3 is 2.86 bits per heavy atom. The molecule has 1 rings (SSSR count). The van der Waals surface area contributed by atoms with Crippen molar-refractivity contribution in [2.24, 2.45) is 10.7 Å². The van der Waals surface area contributed by atoms with Crippen molar-refractivity contribution >= 4 is 29.9 Å². The lowest BCUT2D eigenvalue weighted by Gasteiger charge is -2.13.